The molecule has 3 rings (SSSR count). The minimum Gasteiger partial charge on any atom is -0.392 e. The Balaban J connectivity index is 2.10. The van der Waals surface area contributed by atoms with Gasteiger partial charge < -0.3 is 5.11 Å². The highest BCUT2D eigenvalue weighted by atomic mass is 16.3. The Hall–Kier alpha value is -2.59. The summed E-state index contributed by atoms with van der Waals surface area (Å²) in [4.78, 5) is 13.5. The molecule has 2 heterocycles. The van der Waals surface area contributed by atoms with Crippen molar-refractivity contribution in [3.8, 4) is 22.6 Å². The number of benzene rings is 1. The molecule has 0 fully saturated rings. The lowest BCUT2D eigenvalue weighted by molar-refractivity contribution is 0.282. The second kappa shape index (κ2) is 6.03. The molecule has 4 heteroatoms. The Kier molecular flexibility index (Phi) is 3.94. The maximum absolute atomic E-state index is 9.48. The number of rotatable bonds is 3. The van der Waals surface area contributed by atoms with Crippen LogP contribution in [-0.2, 0) is 6.61 Å². The number of aromatic nitrogens is 3. The van der Waals surface area contributed by atoms with Gasteiger partial charge in [0.15, 0.2) is 5.82 Å². The van der Waals surface area contributed by atoms with Gasteiger partial charge in [-0.2, -0.15) is 0 Å². The van der Waals surface area contributed by atoms with Gasteiger partial charge in [0.05, 0.1) is 12.3 Å². The SMILES string of the molecule is Cc1ccc(-c2ccnc(-c3ccccc3CO)n2)c(C)n1. The third kappa shape index (κ3) is 2.73. The van der Waals surface area contributed by atoms with Crippen LogP contribution >= 0.6 is 0 Å². The highest BCUT2D eigenvalue weighted by Gasteiger charge is 2.10. The smallest absolute Gasteiger partial charge is 0.160 e. The van der Waals surface area contributed by atoms with Crippen molar-refractivity contribution in [1.82, 2.24) is 15.0 Å². The van der Waals surface area contributed by atoms with Gasteiger partial charge in [-0.05, 0) is 37.6 Å². The quantitative estimate of drug-likeness (QED) is 0.804. The van der Waals surface area contributed by atoms with E-state index in [9.17, 15) is 5.11 Å². The first-order valence-corrected chi connectivity index (χ1v) is 7.16. The zero-order valence-electron chi connectivity index (χ0n) is 12.6. The van der Waals surface area contributed by atoms with Gasteiger partial charge in [0.25, 0.3) is 0 Å². The fourth-order valence-corrected chi connectivity index (χ4v) is 2.47. The van der Waals surface area contributed by atoms with Crippen LogP contribution in [-0.4, -0.2) is 20.1 Å². The Bertz CT molecular complexity index is 815. The molecule has 0 spiro atoms. The van der Waals surface area contributed by atoms with Crippen LogP contribution in [0.15, 0.2) is 48.7 Å². The van der Waals surface area contributed by atoms with Crippen molar-refractivity contribution in [2.45, 2.75) is 20.5 Å². The molecule has 4 nitrogen and oxygen atoms in total. The van der Waals surface area contributed by atoms with Gasteiger partial charge in [-0.15, -0.1) is 0 Å². The van der Waals surface area contributed by atoms with Crippen molar-refractivity contribution in [2.75, 3.05) is 0 Å². The fourth-order valence-electron chi connectivity index (χ4n) is 2.47. The normalized spacial score (nSPS) is 10.7. The average Bonchev–Trinajstić information content (AvgIpc) is 2.55. The molecule has 1 N–H and O–H groups in total. The summed E-state index contributed by atoms with van der Waals surface area (Å²) < 4.78 is 0. The van der Waals surface area contributed by atoms with E-state index < -0.39 is 0 Å². The van der Waals surface area contributed by atoms with Crippen LogP contribution < -0.4 is 0 Å². The van der Waals surface area contributed by atoms with Gasteiger partial charge in [-0.1, -0.05) is 24.3 Å². The number of nitrogens with zero attached hydrogens (tertiary/aromatic N) is 3. The monoisotopic (exact) mass is 291 g/mol. The van der Waals surface area contributed by atoms with Crippen LogP contribution in [0, 0.1) is 13.8 Å². The van der Waals surface area contributed by atoms with Crippen LogP contribution in [0.1, 0.15) is 17.0 Å². The van der Waals surface area contributed by atoms with E-state index in [1.54, 1.807) is 6.20 Å². The van der Waals surface area contributed by atoms with Gasteiger partial charge >= 0.3 is 0 Å². The number of hydrogen-bond donors (Lipinski definition) is 1. The molecule has 0 aliphatic carbocycles. The van der Waals surface area contributed by atoms with Crippen molar-refractivity contribution in [3.63, 3.8) is 0 Å². The maximum atomic E-state index is 9.48. The summed E-state index contributed by atoms with van der Waals surface area (Å²) in [7, 11) is 0. The summed E-state index contributed by atoms with van der Waals surface area (Å²) in [6.07, 6.45) is 1.74. The van der Waals surface area contributed by atoms with Crippen molar-refractivity contribution in [3.05, 3.63) is 65.6 Å². The Morgan fingerprint density at radius 1 is 0.909 bits per heavy atom. The highest BCUT2D eigenvalue weighted by molar-refractivity contribution is 5.66. The lowest BCUT2D eigenvalue weighted by atomic mass is 10.1. The van der Waals surface area contributed by atoms with E-state index in [1.807, 2.05) is 56.3 Å². The molecule has 2 aromatic heterocycles. The number of aliphatic hydroxyl groups excluding tert-OH is 1. The molecule has 0 amide bonds. The van der Waals surface area contributed by atoms with Crippen LogP contribution in [0.2, 0.25) is 0 Å². The Morgan fingerprint density at radius 3 is 2.50 bits per heavy atom. The summed E-state index contributed by atoms with van der Waals surface area (Å²) >= 11 is 0. The van der Waals surface area contributed by atoms with Gasteiger partial charge in [0.1, 0.15) is 0 Å². The van der Waals surface area contributed by atoms with Gasteiger partial charge in [-0.3, -0.25) is 4.98 Å². The van der Waals surface area contributed by atoms with Crippen molar-refractivity contribution < 1.29 is 5.11 Å². The predicted molar refractivity (Wildman–Crippen MR) is 86.1 cm³/mol. The average molecular weight is 291 g/mol. The molecule has 0 aliphatic rings. The van der Waals surface area contributed by atoms with Crippen LogP contribution in [0.3, 0.4) is 0 Å². The number of pyridine rings is 1. The van der Waals surface area contributed by atoms with E-state index >= 15 is 0 Å². The Morgan fingerprint density at radius 2 is 1.73 bits per heavy atom. The van der Waals surface area contributed by atoms with E-state index in [1.165, 1.54) is 0 Å². The van der Waals surface area contributed by atoms with E-state index in [-0.39, 0.29) is 6.61 Å². The van der Waals surface area contributed by atoms with Crippen LogP contribution in [0.5, 0.6) is 0 Å². The Labute approximate surface area is 129 Å². The molecule has 1 aromatic carbocycles. The van der Waals surface area contributed by atoms with Gasteiger partial charge in [0.2, 0.25) is 0 Å². The number of hydrogen-bond acceptors (Lipinski definition) is 4. The molecule has 0 saturated heterocycles. The van der Waals surface area contributed by atoms with E-state index in [2.05, 4.69) is 15.0 Å². The molecule has 0 saturated carbocycles. The van der Waals surface area contributed by atoms with E-state index in [4.69, 9.17) is 0 Å². The molecule has 0 aliphatic heterocycles. The minimum atomic E-state index is -0.0329. The first kappa shape index (κ1) is 14.4. The second-order valence-electron chi connectivity index (χ2n) is 5.17. The molecule has 0 atom stereocenters. The lowest BCUT2D eigenvalue weighted by Crippen LogP contribution is -1.97. The minimum absolute atomic E-state index is 0.0329. The first-order valence-electron chi connectivity index (χ1n) is 7.16. The molecule has 3 aromatic rings. The predicted octanol–water partition coefficient (Wildman–Crippen LogP) is 3.31. The highest BCUT2D eigenvalue weighted by Crippen LogP contribution is 2.25. The number of aliphatic hydroxyl groups is 1. The zero-order chi connectivity index (χ0) is 15.5. The summed E-state index contributed by atoms with van der Waals surface area (Å²) in [5.41, 5.74) is 5.43. The standard InChI is InChI=1S/C18H17N3O/c1-12-7-8-15(13(2)20-12)17-9-10-19-18(21-17)16-6-4-3-5-14(16)11-22/h3-10,22H,11H2,1-2H3. The van der Waals surface area contributed by atoms with Gasteiger partial charge in [0, 0.05) is 28.7 Å². The molecule has 0 unspecified atom stereocenters. The second-order valence-corrected chi connectivity index (χ2v) is 5.17. The first-order chi connectivity index (χ1) is 10.7. The fraction of sp³-hybridized carbons (Fsp3) is 0.167. The molecular weight excluding hydrogens is 274 g/mol. The summed E-state index contributed by atoms with van der Waals surface area (Å²) in [5.74, 6) is 0.613. The summed E-state index contributed by atoms with van der Waals surface area (Å²) in [6, 6.07) is 13.5. The van der Waals surface area contributed by atoms with E-state index in [0.29, 0.717) is 5.82 Å². The van der Waals surface area contributed by atoms with Crippen molar-refractivity contribution in [1.29, 1.82) is 0 Å². The van der Waals surface area contributed by atoms with Crippen molar-refractivity contribution >= 4 is 0 Å². The third-order valence-electron chi connectivity index (χ3n) is 3.59. The number of aryl methyl sites for hydroxylation is 2. The third-order valence-corrected chi connectivity index (χ3v) is 3.59. The van der Waals surface area contributed by atoms with Crippen LogP contribution in [0.25, 0.3) is 22.6 Å². The van der Waals surface area contributed by atoms with Crippen molar-refractivity contribution in [2.24, 2.45) is 0 Å². The molecule has 110 valence electrons. The largest absolute Gasteiger partial charge is 0.392 e. The summed E-state index contributed by atoms with van der Waals surface area (Å²) in [6.45, 7) is 3.92. The molecule has 0 bridgehead atoms. The molecule has 22 heavy (non-hydrogen) atoms. The molecular formula is C18H17N3O. The summed E-state index contributed by atoms with van der Waals surface area (Å²) in [5, 5.41) is 9.48. The maximum Gasteiger partial charge on any atom is 0.160 e. The topological polar surface area (TPSA) is 58.9 Å². The lowest BCUT2D eigenvalue weighted by Gasteiger charge is -2.09. The zero-order valence-corrected chi connectivity index (χ0v) is 12.6. The molecule has 0 radical (unpaired) electrons. The van der Waals surface area contributed by atoms with Gasteiger partial charge in [-0.25, -0.2) is 9.97 Å². The van der Waals surface area contributed by atoms with Crippen LogP contribution in [0.4, 0.5) is 0 Å². The van der Waals surface area contributed by atoms with E-state index in [0.717, 1.165) is 33.8 Å².